The van der Waals surface area contributed by atoms with Gasteiger partial charge in [0.1, 0.15) is 5.82 Å². The van der Waals surface area contributed by atoms with E-state index in [0.717, 1.165) is 32.4 Å². The second kappa shape index (κ2) is 7.16. The van der Waals surface area contributed by atoms with Crippen LogP contribution >= 0.6 is 0 Å². The lowest BCUT2D eigenvalue weighted by atomic mass is 9.91. The quantitative estimate of drug-likeness (QED) is 0.870. The normalized spacial score (nSPS) is 23.5. The van der Waals surface area contributed by atoms with E-state index < -0.39 is 0 Å². The Kier molecular flexibility index (Phi) is 5.52. The highest BCUT2D eigenvalue weighted by molar-refractivity contribution is 5.23. The molecule has 0 spiro atoms. The third-order valence-corrected chi connectivity index (χ3v) is 4.30. The van der Waals surface area contributed by atoms with E-state index in [1.807, 2.05) is 19.1 Å². The van der Waals surface area contributed by atoms with Crippen molar-refractivity contribution in [3.63, 3.8) is 0 Å². The molecule has 3 N–H and O–H groups in total. The summed E-state index contributed by atoms with van der Waals surface area (Å²) in [4.78, 5) is 2.25. The minimum Gasteiger partial charge on any atom is -0.396 e. The van der Waals surface area contributed by atoms with Crippen molar-refractivity contribution in [3.05, 3.63) is 35.6 Å². The lowest BCUT2D eigenvalue weighted by Crippen LogP contribution is -2.46. The molecule has 3 atom stereocenters. The van der Waals surface area contributed by atoms with Crippen molar-refractivity contribution in [3.8, 4) is 0 Å². The maximum Gasteiger partial charge on any atom is 0.128 e. The summed E-state index contributed by atoms with van der Waals surface area (Å²) < 4.78 is 14.1. The minimum atomic E-state index is -0.187. The summed E-state index contributed by atoms with van der Waals surface area (Å²) in [6.45, 7) is 3.94. The molecule has 1 saturated heterocycles. The third kappa shape index (κ3) is 3.37. The van der Waals surface area contributed by atoms with Crippen LogP contribution in [0.1, 0.15) is 37.8 Å². The van der Waals surface area contributed by atoms with E-state index in [-0.39, 0.29) is 30.4 Å². The average molecular weight is 280 g/mol. The predicted octanol–water partition coefficient (Wildman–Crippen LogP) is 2.31. The summed E-state index contributed by atoms with van der Waals surface area (Å²) in [7, 11) is 0. The SMILES string of the molecule is CCC(N)C(c1ccccc1F)N1CCCC(CO)C1. The average Bonchev–Trinajstić information content (AvgIpc) is 2.49. The lowest BCUT2D eigenvalue weighted by Gasteiger charge is -2.40. The number of nitrogens with two attached hydrogens (primary N) is 1. The van der Waals surface area contributed by atoms with Crippen LogP contribution in [0.15, 0.2) is 24.3 Å². The number of aliphatic hydroxyl groups is 1. The van der Waals surface area contributed by atoms with Gasteiger partial charge in [0.05, 0.1) is 6.04 Å². The molecule has 112 valence electrons. The van der Waals surface area contributed by atoms with E-state index >= 15 is 0 Å². The molecule has 1 aliphatic rings. The van der Waals surface area contributed by atoms with Gasteiger partial charge >= 0.3 is 0 Å². The fourth-order valence-corrected chi connectivity index (χ4v) is 3.14. The molecule has 0 amide bonds. The molecule has 3 nitrogen and oxygen atoms in total. The second-order valence-electron chi connectivity index (χ2n) is 5.72. The molecule has 0 saturated carbocycles. The number of hydrogen-bond acceptors (Lipinski definition) is 3. The molecular weight excluding hydrogens is 255 g/mol. The maximum absolute atomic E-state index is 14.1. The van der Waals surface area contributed by atoms with E-state index in [4.69, 9.17) is 5.73 Å². The maximum atomic E-state index is 14.1. The first-order chi connectivity index (χ1) is 9.67. The molecule has 4 heteroatoms. The minimum absolute atomic E-state index is 0.0932. The van der Waals surface area contributed by atoms with Gasteiger partial charge in [-0.15, -0.1) is 0 Å². The summed E-state index contributed by atoms with van der Waals surface area (Å²) in [6.07, 6.45) is 2.88. The summed E-state index contributed by atoms with van der Waals surface area (Å²) in [6, 6.07) is 6.71. The van der Waals surface area contributed by atoms with E-state index in [1.165, 1.54) is 6.07 Å². The molecule has 0 aliphatic carbocycles. The fourth-order valence-electron chi connectivity index (χ4n) is 3.14. The highest BCUT2D eigenvalue weighted by atomic mass is 19.1. The van der Waals surface area contributed by atoms with Crippen LogP contribution in [0.3, 0.4) is 0 Å². The highest BCUT2D eigenvalue weighted by Gasteiger charge is 2.31. The van der Waals surface area contributed by atoms with Gasteiger partial charge in [-0.2, -0.15) is 0 Å². The van der Waals surface area contributed by atoms with Gasteiger partial charge in [0.25, 0.3) is 0 Å². The molecule has 0 aromatic heterocycles. The summed E-state index contributed by atoms with van der Waals surface area (Å²) in [5.74, 6) is 0.0922. The fraction of sp³-hybridized carbons (Fsp3) is 0.625. The first-order valence-corrected chi connectivity index (χ1v) is 7.52. The summed E-state index contributed by atoms with van der Waals surface area (Å²) >= 11 is 0. The number of rotatable bonds is 5. The molecule has 2 rings (SSSR count). The van der Waals surface area contributed by atoms with Crippen molar-refractivity contribution in [2.75, 3.05) is 19.7 Å². The van der Waals surface area contributed by atoms with Crippen molar-refractivity contribution < 1.29 is 9.50 Å². The van der Waals surface area contributed by atoms with E-state index in [9.17, 15) is 9.50 Å². The van der Waals surface area contributed by atoms with Crippen molar-refractivity contribution in [1.82, 2.24) is 4.90 Å². The molecule has 1 aromatic carbocycles. The van der Waals surface area contributed by atoms with Crippen LogP contribution in [0.2, 0.25) is 0 Å². The first kappa shape index (κ1) is 15.4. The third-order valence-electron chi connectivity index (χ3n) is 4.30. The Morgan fingerprint density at radius 1 is 1.45 bits per heavy atom. The van der Waals surface area contributed by atoms with Crippen molar-refractivity contribution >= 4 is 0 Å². The van der Waals surface area contributed by atoms with Gasteiger partial charge in [0.15, 0.2) is 0 Å². The zero-order valence-electron chi connectivity index (χ0n) is 12.1. The molecule has 3 unspecified atom stereocenters. The molecule has 0 radical (unpaired) electrons. The van der Waals surface area contributed by atoms with Crippen molar-refractivity contribution in [2.45, 2.75) is 38.3 Å². The summed E-state index contributed by atoms with van der Waals surface area (Å²) in [5.41, 5.74) is 6.95. The number of likely N-dealkylation sites (tertiary alicyclic amines) is 1. The van der Waals surface area contributed by atoms with Crippen LogP contribution in [0.5, 0.6) is 0 Å². The Labute approximate surface area is 120 Å². The standard InChI is InChI=1S/C16H25FN2O/c1-2-15(18)16(13-7-3-4-8-14(13)17)19-9-5-6-12(10-19)11-20/h3-4,7-8,12,15-16,20H,2,5-6,9-11,18H2,1H3. The number of nitrogens with zero attached hydrogens (tertiary/aromatic N) is 1. The van der Waals surface area contributed by atoms with Crippen LogP contribution in [0, 0.1) is 11.7 Å². The Balaban J connectivity index is 2.26. The van der Waals surface area contributed by atoms with Crippen LogP contribution in [0.25, 0.3) is 0 Å². The lowest BCUT2D eigenvalue weighted by molar-refractivity contribution is 0.0749. The van der Waals surface area contributed by atoms with E-state index in [1.54, 1.807) is 6.07 Å². The van der Waals surface area contributed by atoms with Crippen LogP contribution in [-0.2, 0) is 0 Å². The molecule has 1 aliphatic heterocycles. The van der Waals surface area contributed by atoms with Gasteiger partial charge < -0.3 is 10.8 Å². The van der Waals surface area contributed by atoms with Gasteiger partial charge in [0.2, 0.25) is 0 Å². The zero-order chi connectivity index (χ0) is 14.5. The largest absolute Gasteiger partial charge is 0.396 e. The highest BCUT2D eigenvalue weighted by Crippen LogP contribution is 2.31. The number of benzene rings is 1. The number of halogens is 1. The smallest absolute Gasteiger partial charge is 0.128 e. The Morgan fingerprint density at radius 2 is 2.20 bits per heavy atom. The van der Waals surface area contributed by atoms with E-state index in [2.05, 4.69) is 4.90 Å². The van der Waals surface area contributed by atoms with E-state index in [0.29, 0.717) is 5.56 Å². The first-order valence-electron chi connectivity index (χ1n) is 7.52. The van der Waals surface area contributed by atoms with Gasteiger partial charge in [-0.05, 0) is 37.8 Å². The molecule has 20 heavy (non-hydrogen) atoms. The molecule has 1 heterocycles. The zero-order valence-corrected chi connectivity index (χ0v) is 12.1. The van der Waals surface area contributed by atoms with Gasteiger partial charge in [0, 0.05) is 24.8 Å². The topological polar surface area (TPSA) is 49.5 Å². The molecule has 1 aromatic rings. The van der Waals surface area contributed by atoms with Crippen LogP contribution in [-0.4, -0.2) is 35.7 Å². The van der Waals surface area contributed by atoms with Gasteiger partial charge in [-0.25, -0.2) is 4.39 Å². The number of aliphatic hydroxyl groups excluding tert-OH is 1. The number of piperidine rings is 1. The van der Waals surface area contributed by atoms with Crippen LogP contribution < -0.4 is 5.73 Å². The van der Waals surface area contributed by atoms with Crippen molar-refractivity contribution in [1.29, 1.82) is 0 Å². The molecule has 0 bridgehead atoms. The van der Waals surface area contributed by atoms with Crippen LogP contribution in [0.4, 0.5) is 4.39 Å². The monoisotopic (exact) mass is 280 g/mol. The molecule has 1 fully saturated rings. The number of hydrogen-bond donors (Lipinski definition) is 2. The Hall–Kier alpha value is -0.970. The van der Waals surface area contributed by atoms with Crippen molar-refractivity contribution in [2.24, 2.45) is 11.7 Å². The Morgan fingerprint density at radius 3 is 2.85 bits per heavy atom. The summed E-state index contributed by atoms with van der Waals surface area (Å²) in [5, 5.41) is 9.38. The second-order valence-corrected chi connectivity index (χ2v) is 5.72. The molecular formula is C16H25FN2O. The van der Waals surface area contributed by atoms with Gasteiger partial charge in [-0.1, -0.05) is 25.1 Å². The predicted molar refractivity (Wildman–Crippen MR) is 78.8 cm³/mol. The van der Waals surface area contributed by atoms with Gasteiger partial charge in [-0.3, -0.25) is 4.90 Å². The Bertz CT molecular complexity index is 427.